The standard InChI is InChI=1S/C24H31FN2O2/c1-24(2,3)26-23(28)29-14-6-13-27-17-20-8-5-4-7-19(20)16-22(27)15-18-9-11-21(25)12-10-18/h4-5,7-12,22H,6,13-17H2,1-3H3,(H,26,28). The first-order chi connectivity index (χ1) is 13.8. The van der Waals surface area contributed by atoms with Crippen LogP contribution < -0.4 is 5.32 Å². The van der Waals surface area contributed by atoms with Crippen LogP contribution in [0, 0.1) is 5.82 Å². The summed E-state index contributed by atoms with van der Waals surface area (Å²) in [5.41, 5.74) is 3.58. The van der Waals surface area contributed by atoms with E-state index in [1.54, 1.807) is 0 Å². The van der Waals surface area contributed by atoms with Gasteiger partial charge in [0.1, 0.15) is 5.82 Å². The molecule has 0 aliphatic carbocycles. The van der Waals surface area contributed by atoms with Crippen LogP contribution in [0.25, 0.3) is 0 Å². The second kappa shape index (κ2) is 9.40. The lowest BCUT2D eigenvalue weighted by Crippen LogP contribution is -2.43. The van der Waals surface area contributed by atoms with E-state index in [-0.39, 0.29) is 17.4 Å². The normalized spacial score (nSPS) is 16.9. The van der Waals surface area contributed by atoms with E-state index in [1.807, 2.05) is 32.9 Å². The van der Waals surface area contributed by atoms with Crippen LogP contribution >= 0.6 is 0 Å². The Kier molecular flexibility index (Phi) is 6.91. The van der Waals surface area contributed by atoms with Crippen LogP contribution in [0.5, 0.6) is 0 Å². The number of amides is 1. The van der Waals surface area contributed by atoms with Gasteiger partial charge in [0.15, 0.2) is 0 Å². The molecule has 0 saturated carbocycles. The molecule has 4 nitrogen and oxygen atoms in total. The second-order valence-corrected chi connectivity index (χ2v) is 8.79. The van der Waals surface area contributed by atoms with Crippen molar-refractivity contribution >= 4 is 6.09 Å². The number of halogens is 1. The Bertz CT molecular complexity index is 814. The summed E-state index contributed by atoms with van der Waals surface area (Å²) < 4.78 is 18.6. The van der Waals surface area contributed by atoms with Gasteiger partial charge in [0.2, 0.25) is 0 Å². The Morgan fingerprint density at radius 3 is 2.52 bits per heavy atom. The van der Waals surface area contributed by atoms with Crippen molar-refractivity contribution in [3.05, 3.63) is 71.0 Å². The fraction of sp³-hybridized carbons (Fsp3) is 0.458. The molecule has 0 bridgehead atoms. The molecule has 1 aliphatic rings. The summed E-state index contributed by atoms with van der Waals surface area (Å²) in [4.78, 5) is 14.3. The van der Waals surface area contributed by atoms with Gasteiger partial charge in [-0.1, -0.05) is 36.4 Å². The van der Waals surface area contributed by atoms with Gasteiger partial charge in [0.25, 0.3) is 0 Å². The molecule has 1 amide bonds. The Labute approximate surface area is 173 Å². The number of benzene rings is 2. The van der Waals surface area contributed by atoms with Gasteiger partial charge in [-0.05, 0) is 68.9 Å². The summed E-state index contributed by atoms with van der Waals surface area (Å²) in [6.07, 6.45) is 2.25. The fourth-order valence-electron chi connectivity index (χ4n) is 3.77. The Hall–Kier alpha value is -2.40. The number of rotatable bonds is 6. The zero-order valence-corrected chi connectivity index (χ0v) is 17.6. The van der Waals surface area contributed by atoms with Gasteiger partial charge in [-0.2, -0.15) is 0 Å². The predicted octanol–water partition coefficient (Wildman–Crippen LogP) is 4.71. The number of carbonyl (C=O) groups is 1. The minimum absolute atomic E-state index is 0.203. The Balaban J connectivity index is 1.59. The highest BCUT2D eigenvalue weighted by Crippen LogP contribution is 2.25. The maximum Gasteiger partial charge on any atom is 0.407 e. The third-order valence-corrected chi connectivity index (χ3v) is 5.15. The summed E-state index contributed by atoms with van der Waals surface area (Å²) in [6.45, 7) is 7.92. The molecule has 1 heterocycles. The van der Waals surface area contributed by atoms with E-state index in [0.29, 0.717) is 12.6 Å². The largest absolute Gasteiger partial charge is 0.450 e. The van der Waals surface area contributed by atoms with E-state index in [0.717, 1.165) is 37.9 Å². The highest BCUT2D eigenvalue weighted by Gasteiger charge is 2.26. The van der Waals surface area contributed by atoms with Crippen LogP contribution in [0.15, 0.2) is 48.5 Å². The first-order valence-electron chi connectivity index (χ1n) is 10.3. The molecule has 0 aromatic heterocycles. The number of alkyl carbamates (subject to hydrolysis) is 1. The molecule has 5 heteroatoms. The third kappa shape index (κ3) is 6.57. The molecule has 0 radical (unpaired) electrons. The van der Waals surface area contributed by atoms with Crippen LogP contribution in [-0.4, -0.2) is 35.7 Å². The highest BCUT2D eigenvalue weighted by atomic mass is 19.1. The van der Waals surface area contributed by atoms with Gasteiger partial charge in [-0.15, -0.1) is 0 Å². The third-order valence-electron chi connectivity index (χ3n) is 5.15. The minimum atomic E-state index is -0.371. The van der Waals surface area contributed by atoms with Crippen molar-refractivity contribution in [1.82, 2.24) is 10.2 Å². The Morgan fingerprint density at radius 2 is 1.83 bits per heavy atom. The molecule has 1 N–H and O–H groups in total. The molecule has 1 atom stereocenters. The summed E-state index contributed by atoms with van der Waals surface area (Å²) in [5, 5.41) is 2.81. The van der Waals surface area contributed by atoms with E-state index >= 15 is 0 Å². The lowest BCUT2D eigenvalue weighted by Gasteiger charge is -2.37. The van der Waals surface area contributed by atoms with Crippen LogP contribution in [0.2, 0.25) is 0 Å². The number of hydrogen-bond donors (Lipinski definition) is 1. The van der Waals surface area contributed by atoms with Crippen LogP contribution in [0.1, 0.15) is 43.9 Å². The molecular formula is C24H31FN2O2. The first kappa shape index (κ1) is 21.3. The molecule has 156 valence electrons. The average Bonchev–Trinajstić information content (AvgIpc) is 2.66. The molecule has 1 unspecified atom stereocenters. The van der Waals surface area contributed by atoms with Gasteiger partial charge in [0, 0.05) is 24.7 Å². The molecule has 0 saturated heterocycles. The van der Waals surface area contributed by atoms with Crippen LogP contribution in [0.3, 0.4) is 0 Å². The van der Waals surface area contributed by atoms with Crippen molar-refractivity contribution in [3.63, 3.8) is 0 Å². The molecule has 0 spiro atoms. The van der Waals surface area contributed by atoms with Crippen molar-refractivity contribution in [2.24, 2.45) is 0 Å². The molecule has 3 rings (SSSR count). The maximum atomic E-state index is 13.3. The lowest BCUT2D eigenvalue weighted by molar-refractivity contribution is 0.118. The summed E-state index contributed by atoms with van der Waals surface area (Å²) >= 11 is 0. The number of nitrogens with one attached hydrogen (secondary N) is 1. The van der Waals surface area contributed by atoms with E-state index < -0.39 is 0 Å². The number of fused-ring (bicyclic) bond motifs is 1. The molecule has 1 aliphatic heterocycles. The second-order valence-electron chi connectivity index (χ2n) is 8.79. The van der Waals surface area contributed by atoms with E-state index in [1.165, 1.54) is 23.3 Å². The Morgan fingerprint density at radius 1 is 1.14 bits per heavy atom. The summed E-state index contributed by atoms with van der Waals surface area (Å²) in [5.74, 6) is -0.203. The predicted molar refractivity (Wildman–Crippen MR) is 113 cm³/mol. The van der Waals surface area contributed by atoms with Crippen molar-refractivity contribution in [2.45, 2.75) is 58.2 Å². The van der Waals surface area contributed by atoms with E-state index in [4.69, 9.17) is 4.74 Å². The molecule has 2 aromatic carbocycles. The smallest absolute Gasteiger partial charge is 0.407 e. The number of hydrogen-bond acceptors (Lipinski definition) is 3. The minimum Gasteiger partial charge on any atom is -0.450 e. The molecular weight excluding hydrogens is 367 g/mol. The maximum absolute atomic E-state index is 13.3. The highest BCUT2D eigenvalue weighted by molar-refractivity contribution is 5.68. The SMILES string of the molecule is CC(C)(C)NC(=O)OCCCN1Cc2ccccc2CC1Cc1ccc(F)cc1. The van der Waals surface area contributed by atoms with Gasteiger partial charge in [-0.3, -0.25) is 4.90 Å². The zero-order valence-electron chi connectivity index (χ0n) is 17.6. The van der Waals surface area contributed by atoms with E-state index in [9.17, 15) is 9.18 Å². The van der Waals surface area contributed by atoms with E-state index in [2.05, 4.69) is 34.5 Å². The van der Waals surface area contributed by atoms with Gasteiger partial charge < -0.3 is 10.1 Å². The number of carbonyl (C=O) groups excluding carboxylic acids is 1. The monoisotopic (exact) mass is 398 g/mol. The van der Waals surface area contributed by atoms with Gasteiger partial charge in [0.05, 0.1) is 6.61 Å². The topological polar surface area (TPSA) is 41.6 Å². The first-order valence-corrected chi connectivity index (χ1v) is 10.3. The van der Waals surface area contributed by atoms with Crippen LogP contribution in [0.4, 0.5) is 9.18 Å². The average molecular weight is 399 g/mol. The lowest BCUT2D eigenvalue weighted by atomic mass is 9.90. The molecule has 2 aromatic rings. The van der Waals surface area contributed by atoms with Crippen molar-refractivity contribution in [1.29, 1.82) is 0 Å². The summed E-state index contributed by atoms with van der Waals surface area (Å²) in [7, 11) is 0. The molecule has 29 heavy (non-hydrogen) atoms. The van der Waals surface area contributed by atoms with Crippen molar-refractivity contribution in [2.75, 3.05) is 13.2 Å². The number of nitrogens with zero attached hydrogens (tertiary/aromatic N) is 1. The zero-order chi connectivity index (χ0) is 20.9. The number of ether oxygens (including phenoxy) is 1. The summed E-state index contributed by atoms with van der Waals surface area (Å²) in [6, 6.07) is 15.7. The quantitative estimate of drug-likeness (QED) is 0.717. The van der Waals surface area contributed by atoms with Crippen LogP contribution in [-0.2, 0) is 24.1 Å². The fourth-order valence-corrected chi connectivity index (χ4v) is 3.77. The van der Waals surface area contributed by atoms with Gasteiger partial charge >= 0.3 is 6.09 Å². The van der Waals surface area contributed by atoms with Crippen molar-refractivity contribution in [3.8, 4) is 0 Å². The molecule has 0 fully saturated rings. The van der Waals surface area contributed by atoms with Gasteiger partial charge in [-0.25, -0.2) is 9.18 Å². The van der Waals surface area contributed by atoms with Crippen molar-refractivity contribution < 1.29 is 13.9 Å².